The predicted octanol–water partition coefficient (Wildman–Crippen LogP) is 3.45. The van der Waals surface area contributed by atoms with Crippen molar-refractivity contribution in [1.82, 2.24) is 9.62 Å². The van der Waals surface area contributed by atoms with E-state index in [0.29, 0.717) is 35.9 Å². The van der Waals surface area contributed by atoms with Crippen molar-refractivity contribution < 1.29 is 27.4 Å². The van der Waals surface area contributed by atoms with Gasteiger partial charge in [0.05, 0.1) is 26.2 Å². The third-order valence-corrected chi connectivity index (χ3v) is 6.79. The van der Waals surface area contributed by atoms with Gasteiger partial charge < -0.3 is 19.5 Å². The van der Waals surface area contributed by atoms with Gasteiger partial charge in [0.25, 0.3) is 5.91 Å². The van der Waals surface area contributed by atoms with Crippen LogP contribution in [0.25, 0.3) is 0 Å². The Labute approximate surface area is 190 Å². The lowest BCUT2D eigenvalue weighted by Crippen LogP contribution is -2.32. The summed E-state index contributed by atoms with van der Waals surface area (Å²) < 4.78 is 43.2. The lowest BCUT2D eigenvalue weighted by Gasteiger charge is -2.21. The quantitative estimate of drug-likeness (QED) is 0.517. The van der Waals surface area contributed by atoms with Crippen LogP contribution >= 0.6 is 0 Å². The number of hydrogen-bond acceptors (Lipinski definition) is 6. The molecule has 0 aliphatic carbocycles. The molecule has 0 aromatic heterocycles. The molecule has 1 N–H and O–H groups in total. The van der Waals surface area contributed by atoms with Crippen molar-refractivity contribution in [3.63, 3.8) is 0 Å². The maximum atomic E-state index is 12.9. The molecular formula is C23H32N2O6S. The average molecular weight is 465 g/mol. The summed E-state index contributed by atoms with van der Waals surface area (Å²) in [6.07, 6.45) is 1.47. The highest BCUT2D eigenvalue weighted by atomic mass is 32.2. The van der Waals surface area contributed by atoms with E-state index in [0.717, 1.165) is 18.4 Å². The van der Waals surface area contributed by atoms with Crippen LogP contribution in [0.4, 0.5) is 0 Å². The fourth-order valence-electron chi connectivity index (χ4n) is 3.30. The lowest BCUT2D eigenvalue weighted by molar-refractivity contribution is 0.0950. The summed E-state index contributed by atoms with van der Waals surface area (Å²) in [6.45, 7) is 5.05. The number of hydrogen-bond donors (Lipinski definition) is 1. The summed E-state index contributed by atoms with van der Waals surface area (Å²) in [5, 5.41) is 2.83. The van der Waals surface area contributed by atoms with E-state index in [1.165, 1.54) is 49.9 Å². The van der Waals surface area contributed by atoms with Crippen LogP contribution in [0.5, 0.6) is 17.2 Å². The number of rotatable bonds is 12. The van der Waals surface area contributed by atoms with E-state index in [1.54, 1.807) is 12.1 Å². The Balaban J connectivity index is 2.14. The van der Waals surface area contributed by atoms with Gasteiger partial charge in [0, 0.05) is 25.2 Å². The van der Waals surface area contributed by atoms with Gasteiger partial charge in [-0.3, -0.25) is 4.79 Å². The van der Waals surface area contributed by atoms with Crippen molar-refractivity contribution in [1.29, 1.82) is 0 Å². The molecule has 0 radical (unpaired) electrons. The Morgan fingerprint density at radius 2 is 1.44 bits per heavy atom. The number of methoxy groups -OCH3 is 3. The average Bonchev–Trinajstić information content (AvgIpc) is 2.81. The molecule has 0 bridgehead atoms. The second kappa shape index (κ2) is 11.7. The molecule has 176 valence electrons. The standard InChI is InChI=1S/C23H32N2O6S/c1-6-12-25(13-7-2)32(27,28)19-10-8-18(9-11-19)23(26)24-16-17-14-20(29-3)22(31-5)21(15-17)30-4/h8-11,14-15H,6-7,12-13,16H2,1-5H3,(H,24,26). The van der Waals surface area contributed by atoms with Crippen molar-refractivity contribution in [3.05, 3.63) is 47.5 Å². The fourth-order valence-corrected chi connectivity index (χ4v) is 4.92. The fraction of sp³-hybridized carbons (Fsp3) is 0.435. The molecule has 9 heteroatoms. The number of carbonyl (C=O) groups is 1. The van der Waals surface area contributed by atoms with Gasteiger partial charge in [-0.25, -0.2) is 8.42 Å². The van der Waals surface area contributed by atoms with E-state index in [4.69, 9.17) is 14.2 Å². The number of carbonyl (C=O) groups excluding carboxylic acids is 1. The van der Waals surface area contributed by atoms with E-state index in [9.17, 15) is 13.2 Å². The first-order valence-corrected chi connectivity index (χ1v) is 11.9. The van der Waals surface area contributed by atoms with Crippen LogP contribution in [-0.4, -0.2) is 53.0 Å². The van der Waals surface area contributed by atoms with Gasteiger partial charge in [0.15, 0.2) is 11.5 Å². The second-order valence-corrected chi connectivity index (χ2v) is 9.08. The van der Waals surface area contributed by atoms with Crippen LogP contribution in [0.3, 0.4) is 0 Å². The van der Waals surface area contributed by atoms with E-state index < -0.39 is 10.0 Å². The molecule has 0 fully saturated rings. The number of nitrogens with zero attached hydrogens (tertiary/aromatic N) is 1. The number of amides is 1. The summed E-state index contributed by atoms with van der Waals surface area (Å²) >= 11 is 0. The molecule has 0 unspecified atom stereocenters. The van der Waals surface area contributed by atoms with Crippen molar-refractivity contribution in [3.8, 4) is 17.2 Å². The molecule has 0 saturated carbocycles. The van der Waals surface area contributed by atoms with Gasteiger partial charge in [-0.2, -0.15) is 4.31 Å². The monoisotopic (exact) mass is 464 g/mol. The maximum Gasteiger partial charge on any atom is 0.251 e. The minimum Gasteiger partial charge on any atom is -0.493 e. The van der Waals surface area contributed by atoms with Gasteiger partial charge in [0.1, 0.15) is 0 Å². The summed E-state index contributed by atoms with van der Waals surface area (Å²) in [4.78, 5) is 12.8. The van der Waals surface area contributed by atoms with E-state index in [-0.39, 0.29) is 17.3 Å². The van der Waals surface area contributed by atoms with Gasteiger partial charge >= 0.3 is 0 Å². The first-order valence-electron chi connectivity index (χ1n) is 10.5. The van der Waals surface area contributed by atoms with Crippen molar-refractivity contribution in [2.45, 2.75) is 38.1 Å². The molecular weight excluding hydrogens is 432 g/mol. The number of ether oxygens (including phenoxy) is 3. The molecule has 0 heterocycles. The summed E-state index contributed by atoms with van der Waals surface area (Å²) in [6, 6.07) is 9.51. The predicted molar refractivity (Wildman–Crippen MR) is 123 cm³/mol. The zero-order valence-corrected chi connectivity index (χ0v) is 20.1. The minimum absolute atomic E-state index is 0.181. The molecule has 8 nitrogen and oxygen atoms in total. The van der Waals surface area contributed by atoms with Gasteiger partial charge in [0.2, 0.25) is 15.8 Å². The Bertz CT molecular complexity index is 975. The summed E-state index contributed by atoms with van der Waals surface area (Å²) in [5.74, 6) is 1.15. The number of benzene rings is 2. The second-order valence-electron chi connectivity index (χ2n) is 7.14. The molecule has 1 amide bonds. The van der Waals surface area contributed by atoms with Crippen LogP contribution in [0.15, 0.2) is 41.3 Å². The highest BCUT2D eigenvalue weighted by molar-refractivity contribution is 7.89. The molecule has 2 aromatic carbocycles. The van der Waals surface area contributed by atoms with Gasteiger partial charge in [-0.1, -0.05) is 13.8 Å². The highest BCUT2D eigenvalue weighted by Gasteiger charge is 2.23. The Kier molecular flexibility index (Phi) is 9.34. The highest BCUT2D eigenvalue weighted by Crippen LogP contribution is 2.38. The van der Waals surface area contributed by atoms with Crippen LogP contribution in [0, 0.1) is 0 Å². The maximum absolute atomic E-state index is 12.9. The van der Waals surface area contributed by atoms with Crippen LogP contribution in [0.1, 0.15) is 42.6 Å². The zero-order chi connectivity index (χ0) is 23.7. The molecule has 0 aliphatic rings. The SMILES string of the molecule is CCCN(CCC)S(=O)(=O)c1ccc(C(=O)NCc2cc(OC)c(OC)c(OC)c2)cc1. The lowest BCUT2D eigenvalue weighted by atomic mass is 10.1. The summed E-state index contributed by atoms with van der Waals surface area (Å²) in [5.41, 5.74) is 1.13. The van der Waals surface area contributed by atoms with Crippen LogP contribution < -0.4 is 19.5 Å². The molecule has 0 aliphatic heterocycles. The molecule has 2 rings (SSSR count). The number of nitrogens with one attached hydrogen (secondary N) is 1. The van der Waals surface area contributed by atoms with Crippen molar-refractivity contribution in [2.24, 2.45) is 0 Å². The first kappa shape index (κ1) is 25.5. The molecule has 0 atom stereocenters. The molecule has 0 saturated heterocycles. The summed E-state index contributed by atoms with van der Waals surface area (Å²) in [7, 11) is 0.990. The van der Waals surface area contributed by atoms with Gasteiger partial charge in [-0.05, 0) is 54.8 Å². The molecule has 32 heavy (non-hydrogen) atoms. The molecule has 0 spiro atoms. The topological polar surface area (TPSA) is 94.2 Å². The molecule has 2 aromatic rings. The van der Waals surface area contributed by atoms with E-state index in [2.05, 4.69) is 5.32 Å². The zero-order valence-electron chi connectivity index (χ0n) is 19.3. The smallest absolute Gasteiger partial charge is 0.251 e. The van der Waals surface area contributed by atoms with Gasteiger partial charge in [-0.15, -0.1) is 0 Å². The normalized spacial score (nSPS) is 11.3. The Morgan fingerprint density at radius 3 is 1.88 bits per heavy atom. The third-order valence-electron chi connectivity index (χ3n) is 4.88. The first-order chi connectivity index (χ1) is 15.3. The van der Waals surface area contributed by atoms with Crippen LogP contribution in [0.2, 0.25) is 0 Å². The minimum atomic E-state index is -3.58. The van der Waals surface area contributed by atoms with E-state index in [1.807, 2.05) is 13.8 Å². The largest absolute Gasteiger partial charge is 0.493 e. The number of sulfonamides is 1. The third kappa shape index (κ3) is 5.92. The van der Waals surface area contributed by atoms with Crippen LogP contribution in [-0.2, 0) is 16.6 Å². The Hall–Kier alpha value is -2.78. The Morgan fingerprint density at radius 1 is 0.906 bits per heavy atom. The van der Waals surface area contributed by atoms with Crippen molar-refractivity contribution in [2.75, 3.05) is 34.4 Å². The van der Waals surface area contributed by atoms with E-state index >= 15 is 0 Å². The van der Waals surface area contributed by atoms with Crippen molar-refractivity contribution >= 4 is 15.9 Å².